The first-order chi connectivity index (χ1) is 13.0. The molecule has 0 bridgehead atoms. The molecule has 1 saturated carbocycles. The van der Waals surface area contributed by atoms with Crippen LogP contribution < -0.4 is 10.1 Å². The zero-order valence-corrected chi connectivity index (χ0v) is 15.9. The van der Waals surface area contributed by atoms with Crippen LogP contribution in [0.2, 0.25) is 0 Å². The minimum atomic E-state index is -0.480. The molecule has 2 aliphatic heterocycles. The SMILES string of the molecule is CCC(Oc1ccc2c(c1)CN1CC(=O)NC1=N2)C(=O)N(C)C1CCCC1. The number of fused-ring (bicyclic) bond motifs is 2. The molecule has 1 aliphatic carbocycles. The van der Waals surface area contributed by atoms with Gasteiger partial charge < -0.3 is 14.5 Å². The number of hydrogen-bond acceptors (Lipinski definition) is 5. The highest BCUT2D eigenvalue weighted by Gasteiger charge is 2.31. The maximum Gasteiger partial charge on any atom is 0.263 e. The van der Waals surface area contributed by atoms with Crippen molar-refractivity contribution in [2.24, 2.45) is 4.99 Å². The standard InChI is InChI=1S/C20H26N4O3/c1-3-17(19(26)23(2)14-6-4-5-7-14)27-15-8-9-16-13(10-15)11-24-12-18(25)22-20(24)21-16/h8-10,14,17H,3-7,11-12H2,1-2H3,(H,21,22,25). The summed E-state index contributed by atoms with van der Waals surface area (Å²) >= 11 is 0. The van der Waals surface area contributed by atoms with Crippen LogP contribution in [0.4, 0.5) is 5.69 Å². The minimum absolute atomic E-state index is 0.0374. The molecule has 7 nitrogen and oxygen atoms in total. The Labute approximate surface area is 159 Å². The number of likely N-dealkylation sites (N-methyl/N-ethyl adjacent to an activating group) is 1. The normalized spacial score (nSPS) is 19.9. The number of carbonyl (C=O) groups excluding carboxylic acids is 2. The summed E-state index contributed by atoms with van der Waals surface area (Å²) < 4.78 is 6.06. The van der Waals surface area contributed by atoms with Crippen molar-refractivity contribution in [2.75, 3.05) is 13.6 Å². The maximum atomic E-state index is 12.9. The van der Waals surface area contributed by atoms with Gasteiger partial charge in [0.15, 0.2) is 6.10 Å². The van der Waals surface area contributed by atoms with Gasteiger partial charge in [-0.2, -0.15) is 0 Å². The van der Waals surface area contributed by atoms with E-state index in [0.29, 0.717) is 37.3 Å². The Morgan fingerprint density at radius 1 is 1.37 bits per heavy atom. The highest BCUT2D eigenvalue weighted by atomic mass is 16.5. The molecule has 2 fully saturated rings. The molecule has 2 heterocycles. The van der Waals surface area contributed by atoms with Crippen LogP contribution in [0.15, 0.2) is 23.2 Å². The molecular weight excluding hydrogens is 344 g/mol. The average Bonchev–Trinajstić information content (AvgIpc) is 3.31. The van der Waals surface area contributed by atoms with Crippen LogP contribution in [0.3, 0.4) is 0 Å². The van der Waals surface area contributed by atoms with Crippen molar-refractivity contribution in [3.63, 3.8) is 0 Å². The fourth-order valence-corrected chi connectivity index (χ4v) is 4.08. The van der Waals surface area contributed by atoms with Crippen molar-refractivity contribution in [3.8, 4) is 5.75 Å². The largest absolute Gasteiger partial charge is 0.481 e. The molecule has 27 heavy (non-hydrogen) atoms. The lowest BCUT2D eigenvalue weighted by molar-refractivity contribution is -0.139. The lowest BCUT2D eigenvalue weighted by atomic mass is 10.1. The summed E-state index contributed by atoms with van der Waals surface area (Å²) in [4.78, 5) is 32.7. The van der Waals surface area contributed by atoms with Gasteiger partial charge in [-0.15, -0.1) is 0 Å². The third kappa shape index (κ3) is 3.50. The zero-order valence-electron chi connectivity index (χ0n) is 15.9. The van der Waals surface area contributed by atoms with Crippen molar-refractivity contribution in [1.82, 2.24) is 15.1 Å². The third-order valence-electron chi connectivity index (χ3n) is 5.67. The van der Waals surface area contributed by atoms with Crippen LogP contribution in [0.25, 0.3) is 0 Å². The van der Waals surface area contributed by atoms with Gasteiger partial charge >= 0.3 is 0 Å². The van der Waals surface area contributed by atoms with Crippen LogP contribution in [0, 0.1) is 0 Å². The average molecular weight is 370 g/mol. The first-order valence-electron chi connectivity index (χ1n) is 9.75. The number of nitrogens with zero attached hydrogens (tertiary/aromatic N) is 3. The highest BCUT2D eigenvalue weighted by molar-refractivity contribution is 6.05. The summed E-state index contributed by atoms with van der Waals surface area (Å²) in [6.45, 7) is 2.91. The summed E-state index contributed by atoms with van der Waals surface area (Å²) in [5, 5.41) is 2.76. The predicted molar refractivity (Wildman–Crippen MR) is 102 cm³/mol. The van der Waals surface area contributed by atoms with Gasteiger partial charge in [0.1, 0.15) is 12.3 Å². The Balaban J connectivity index is 1.47. The quantitative estimate of drug-likeness (QED) is 0.862. The van der Waals surface area contributed by atoms with Gasteiger partial charge in [0.05, 0.1) is 5.69 Å². The summed E-state index contributed by atoms with van der Waals surface area (Å²) in [6.07, 6.45) is 4.70. The molecular formula is C20H26N4O3. The fraction of sp³-hybridized carbons (Fsp3) is 0.550. The van der Waals surface area contributed by atoms with Crippen molar-refractivity contribution in [1.29, 1.82) is 0 Å². The van der Waals surface area contributed by atoms with E-state index in [0.717, 1.165) is 24.1 Å². The van der Waals surface area contributed by atoms with E-state index in [4.69, 9.17) is 4.74 Å². The van der Waals surface area contributed by atoms with Crippen LogP contribution in [-0.4, -0.2) is 53.3 Å². The maximum absolute atomic E-state index is 12.9. The Hall–Kier alpha value is -2.57. The number of nitrogens with one attached hydrogen (secondary N) is 1. The molecule has 1 aromatic rings. The van der Waals surface area contributed by atoms with Crippen molar-refractivity contribution in [2.45, 2.75) is 57.7 Å². The molecule has 0 aromatic heterocycles. The Kier molecular flexibility index (Phi) is 4.76. The molecule has 1 atom stereocenters. The molecule has 3 aliphatic rings. The van der Waals surface area contributed by atoms with E-state index in [-0.39, 0.29) is 11.8 Å². The van der Waals surface area contributed by atoms with Gasteiger partial charge in [-0.1, -0.05) is 19.8 Å². The van der Waals surface area contributed by atoms with Crippen molar-refractivity contribution in [3.05, 3.63) is 23.8 Å². The minimum Gasteiger partial charge on any atom is -0.481 e. The van der Waals surface area contributed by atoms with Gasteiger partial charge in [0.25, 0.3) is 5.91 Å². The summed E-state index contributed by atoms with van der Waals surface area (Å²) in [7, 11) is 1.89. The molecule has 4 rings (SSSR count). The predicted octanol–water partition coefficient (Wildman–Crippen LogP) is 2.18. The van der Waals surface area contributed by atoms with Gasteiger partial charge in [0, 0.05) is 25.2 Å². The number of ether oxygens (including phenoxy) is 1. The summed E-state index contributed by atoms with van der Waals surface area (Å²) in [5.41, 5.74) is 1.83. The van der Waals surface area contributed by atoms with Gasteiger partial charge in [0.2, 0.25) is 11.9 Å². The Morgan fingerprint density at radius 3 is 2.89 bits per heavy atom. The monoisotopic (exact) mass is 370 g/mol. The molecule has 1 N–H and O–H groups in total. The number of guanidine groups is 1. The molecule has 1 unspecified atom stereocenters. The molecule has 7 heteroatoms. The van der Waals surface area contributed by atoms with Crippen LogP contribution in [0.1, 0.15) is 44.6 Å². The fourth-order valence-electron chi connectivity index (χ4n) is 4.08. The van der Waals surface area contributed by atoms with E-state index >= 15 is 0 Å². The summed E-state index contributed by atoms with van der Waals surface area (Å²) in [5.74, 6) is 1.30. The van der Waals surface area contributed by atoms with E-state index in [2.05, 4.69) is 10.3 Å². The number of hydrogen-bond donors (Lipinski definition) is 1. The molecule has 0 radical (unpaired) electrons. The molecule has 2 amide bonds. The van der Waals surface area contributed by atoms with Crippen LogP contribution in [0.5, 0.6) is 5.75 Å². The third-order valence-corrected chi connectivity index (χ3v) is 5.67. The van der Waals surface area contributed by atoms with E-state index in [1.807, 2.05) is 42.0 Å². The first kappa shape index (κ1) is 17.8. The lowest BCUT2D eigenvalue weighted by Gasteiger charge is -2.29. The second-order valence-electron chi connectivity index (χ2n) is 7.53. The Bertz CT molecular complexity index is 785. The second-order valence-corrected chi connectivity index (χ2v) is 7.53. The topological polar surface area (TPSA) is 74.2 Å². The molecule has 1 saturated heterocycles. The van der Waals surface area contributed by atoms with Crippen LogP contribution >= 0.6 is 0 Å². The van der Waals surface area contributed by atoms with E-state index in [9.17, 15) is 9.59 Å². The van der Waals surface area contributed by atoms with E-state index in [1.165, 1.54) is 12.8 Å². The van der Waals surface area contributed by atoms with Gasteiger partial charge in [-0.25, -0.2) is 4.99 Å². The molecule has 0 spiro atoms. The number of amides is 2. The lowest BCUT2D eigenvalue weighted by Crippen LogP contribution is -2.44. The van der Waals surface area contributed by atoms with Crippen molar-refractivity contribution < 1.29 is 14.3 Å². The highest BCUT2D eigenvalue weighted by Crippen LogP contribution is 2.31. The summed E-state index contributed by atoms with van der Waals surface area (Å²) in [6, 6.07) is 6.01. The van der Waals surface area contributed by atoms with Gasteiger partial charge in [-0.05, 0) is 37.5 Å². The number of rotatable bonds is 5. The zero-order chi connectivity index (χ0) is 19.0. The Morgan fingerprint density at radius 2 is 2.15 bits per heavy atom. The van der Waals surface area contributed by atoms with Crippen LogP contribution in [-0.2, 0) is 16.1 Å². The van der Waals surface area contributed by atoms with Crippen molar-refractivity contribution >= 4 is 23.5 Å². The first-order valence-corrected chi connectivity index (χ1v) is 9.75. The second kappa shape index (κ2) is 7.21. The van der Waals surface area contributed by atoms with E-state index < -0.39 is 6.10 Å². The number of benzene rings is 1. The molecule has 144 valence electrons. The number of aliphatic imine (C=N–C) groups is 1. The molecule has 1 aromatic carbocycles. The van der Waals surface area contributed by atoms with E-state index in [1.54, 1.807) is 0 Å². The smallest absolute Gasteiger partial charge is 0.263 e. The van der Waals surface area contributed by atoms with Gasteiger partial charge in [-0.3, -0.25) is 14.9 Å². The number of carbonyl (C=O) groups is 2.